The summed E-state index contributed by atoms with van der Waals surface area (Å²) in [6.45, 7) is 1.64. The summed E-state index contributed by atoms with van der Waals surface area (Å²) in [7, 11) is 0. The SMILES string of the molecule is CC(Sc1nc2ccccc2o1)C(=O)NC(N)=O. The molecule has 3 N–H and O–H groups in total. The van der Waals surface area contributed by atoms with Crippen molar-refractivity contribution in [2.24, 2.45) is 5.73 Å². The van der Waals surface area contributed by atoms with Crippen molar-refractivity contribution in [2.45, 2.75) is 17.4 Å². The largest absolute Gasteiger partial charge is 0.431 e. The fourth-order valence-corrected chi connectivity index (χ4v) is 2.09. The van der Waals surface area contributed by atoms with E-state index >= 15 is 0 Å². The van der Waals surface area contributed by atoms with Crippen molar-refractivity contribution in [3.8, 4) is 0 Å². The number of hydrogen-bond acceptors (Lipinski definition) is 5. The van der Waals surface area contributed by atoms with E-state index < -0.39 is 17.2 Å². The molecule has 3 amide bonds. The Labute approximate surface area is 107 Å². The van der Waals surface area contributed by atoms with Crippen LogP contribution in [0.5, 0.6) is 0 Å². The lowest BCUT2D eigenvalue weighted by Gasteiger charge is -2.06. The van der Waals surface area contributed by atoms with Gasteiger partial charge in [-0.25, -0.2) is 9.78 Å². The summed E-state index contributed by atoms with van der Waals surface area (Å²) in [4.78, 5) is 26.2. The first-order chi connectivity index (χ1) is 8.56. The summed E-state index contributed by atoms with van der Waals surface area (Å²) in [5.41, 5.74) is 6.25. The van der Waals surface area contributed by atoms with E-state index in [1.54, 1.807) is 13.0 Å². The summed E-state index contributed by atoms with van der Waals surface area (Å²) in [5.74, 6) is -0.477. The molecule has 1 atom stereocenters. The number of nitrogens with zero attached hydrogens (tertiary/aromatic N) is 1. The Bertz CT molecular complexity index is 563. The van der Waals surface area contributed by atoms with Crippen LogP contribution in [-0.4, -0.2) is 22.2 Å². The zero-order valence-corrected chi connectivity index (χ0v) is 10.4. The van der Waals surface area contributed by atoms with E-state index in [4.69, 9.17) is 10.2 Å². The highest BCUT2D eigenvalue weighted by Crippen LogP contribution is 2.26. The van der Waals surface area contributed by atoms with E-state index in [9.17, 15) is 9.59 Å². The predicted octanol–water partition coefficient (Wildman–Crippen LogP) is 1.50. The van der Waals surface area contributed by atoms with Gasteiger partial charge in [0, 0.05) is 0 Å². The van der Waals surface area contributed by atoms with Crippen LogP contribution in [0.25, 0.3) is 11.1 Å². The molecular formula is C11H11N3O3S. The second-order valence-corrected chi connectivity index (χ2v) is 4.85. The van der Waals surface area contributed by atoms with E-state index in [0.717, 1.165) is 17.3 Å². The van der Waals surface area contributed by atoms with Gasteiger partial charge in [0.05, 0.1) is 5.25 Å². The fourth-order valence-electron chi connectivity index (χ4n) is 1.33. The third-order valence-corrected chi connectivity index (χ3v) is 3.11. The van der Waals surface area contributed by atoms with Gasteiger partial charge in [0.2, 0.25) is 5.91 Å². The second kappa shape index (κ2) is 5.09. The van der Waals surface area contributed by atoms with Gasteiger partial charge in [-0.3, -0.25) is 10.1 Å². The molecule has 6 nitrogen and oxygen atoms in total. The highest BCUT2D eigenvalue weighted by molar-refractivity contribution is 8.00. The van der Waals surface area contributed by atoms with E-state index in [1.165, 1.54) is 0 Å². The standard InChI is InChI=1S/C11H11N3O3S/c1-6(9(15)14-10(12)16)18-11-13-7-4-2-3-5-8(7)17-11/h2-6H,1H3,(H3,12,14,15,16). The molecule has 0 fully saturated rings. The minimum absolute atomic E-state index is 0.378. The van der Waals surface area contributed by atoms with Crippen molar-refractivity contribution in [1.82, 2.24) is 10.3 Å². The molecule has 18 heavy (non-hydrogen) atoms. The maximum atomic E-state index is 11.5. The fraction of sp³-hybridized carbons (Fsp3) is 0.182. The van der Waals surface area contributed by atoms with E-state index in [1.807, 2.05) is 23.5 Å². The average molecular weight is 265 g/mol. The number of amides is 3. The topological polar surface area (TPSA) is 98.2 Å². The number of nitrogens with one attached hydrogen (secondary N) is 1. The van der Waals surface area contributed by atoms with Gasteiger partial charge in [-0.05, 0) is 19.1 Å². The maximum Gasteiger partial charge on any atom is 0.318 e. The minimum Gasteiger partial charge on any atom is -0.431 e. The van der Waals surface area contributed by atoms with Crippen LogP contribution >= 0.6 is 11.8 Å². The summed E-state index contributed by atoms with van der Waals surface area (Å²) >= 11 is 1.12. The van der Waals surface area contributed by atoms with E-state index in [-0.39, 0.29) is 0 Å². The number of oxazole rings is 1. The molecular weight excluding hydrogens is 254 g/mol. The molecule has 1 unspecified atom stereocenters. The Hall–Kier alpha value is -2.02. The molecule has 94 valence electrons. The van der Waals surface area contributed by atoms with Gasteiger partial charge >= 0.3 is 6.03 Å². The van der Waals surface area contributed by atoms with Crippen LogP contribution < -0.4 is 11.1 Å². The van der Waals surface area contributed by atoms with Gasteiger partial charge in [-0.1, -0.05) is 23.9 Å². The van der Waals surface area contributed by atoms with Crippen LogP contribution in [0.1, 0.15) is 6.92 Å². The highest BCUT2D eigenvalue weighted by atomic mass is 32.2. The summed E-state index contributed by atoms with van der Waals surface area (Å²) < 4.78 is 5.45. The normalized spacial score (nSPS) is 12.3. The quantitative estimate of drug-likeness (QED) is 0.819. The van der Waals surface area contributed by atoms with Crippen LogP contribution in [-0.2, 0) is 4.79 Å². The van der Waals surface area contributed by atoms with Crippen LogP contribution in [0.2, 0.25) is 0 Å². The number of aromatic nitrogens is 1. The Morgan fingerprint density at radius 3 is 2.83 bits per heavy atom. The maximum absolute atomic E-state index is 11.5. The Balaban J connectivity index is 2.09. The first kappa shape index (κ1) is 12.4. The molecule has 1 heterocycles. The van der Waals surface area contributed by atoms with Crippen LogP contribution in [0.4, 0.5) is 4.79 Å². The number of urea groups is 1. The number of thioether (sulfide) groups is 1. The molecule has 7 heteroatoms. The zero-order chi connectivity index (χ0) is 13.1. The van der Waals surface area contributed by atoms with E-state index in [2.05, 4.69) is 4.98 Å². The molecule has 1 aromatic heterocycles. The number of fused-ring (bicyclic) bond motifs is 1. The van der Waals surface area contributed by atoms with Gasteiger partial charge in [0.25, 0.3) is 5.22 Å². The molecule has 0 saturated carbocycles. The molecule has 0 aliphatic carbocycles. The third kappa shape index (κ3) is 2.80. The lowest BCUT2D eigenvalue weighted by Crippen LogP contribution is -2.39. The summed E-state index contributed by atoms with van der Waals surface area (Å²) in [5, 5.41) is 1.86. The second-order valence-electron chi connectivity index (χ2n) is 3.56. The lowest BCUT2D eigenvalue weighted by atomic mass is 10.3. The van der Waals surface area contributed by atoms with Gasteiger partial charge in [-0.15, -0.1) is 0 Å². The highest BCUT2D eigenvalue weighted by Gasteiger charge is 2.18. The number of carbonyl (C=O) groups is 2. The van der Waals surface area contributed by atoms with Crippen LogP contribution in [0, 0.1) is 0 Å². The van der Waals surface area contributed by atoms with Crippen LogP contribution in [0.15, 0.2) is 33.9 Å². The van der Waals surface area contributed by atoms with E-state index in [0.29, 0.717) is 10.8 Å². The Morgan fingerprint density at radius 2 is 2.17 bits per heavy atom. The molecule has 2 rings (SSSR count). The zero-order valence-electron chi connectivity index (χ0n) is 9.54. The van der Waals surface area contributed by atoms with Gasteiger partial charge in [0.15, 0.2) is 5.58 Å². The number of rotatable bonds is 3. The monoisotopic (exact) mass is 265 g/mol. The summed E-state index contributed by atoms with van der Waals surface area (Å²) in [6, 6.07) is 6.43. The molecule has 0 radical (unpaired) electrons. The first-order valence-corrected chi connectivity index (χ1v) is 6.07. The van der Waals surface area contributed by atoms with Crippen molar-refractivity contribution < 1.29 is 14.0 Å². The first-order valence-electron chi connectivity index (χ1n) is 5.19. The number of imide groups is 1. The molecule has 0 aliphatic heterocycles. The number of para-hydroxylation sites is 2. The number of benzene rings is 1. The molecule has 1 aromatic carbocycles. The Kier molecular flexibility index (Phi) is 3.52. The molecule has 0 aliphatic rings. The third-order valence-electron chi connectivity index (χ3n) is 2.17. The smallest absolute Gasteiger partial charge is 0.318 e. The van der Waals surface area contributed by atoms with Crippen molar-refractivity contribution in [3.63, 3.8) is 0 Å². The average Bonchev–Trinajstić information content (AvgIpc) is 2.69. The predicted molar refractivity (Wildman–Crippen MR) is 67.1 cm³/mol. The van der Waals surface area contributed by atoms with Gasteiger partial charge < -0.3 is 10.2 Å². The van der Waals surface area contributed by atoms with Crippen molar-refractivity contribution in [1.29, 1.82) is 0 Å². The molecule has 0 bridgehead atoms. The van der Waals surface area contributed by atoms with Crippen molar-refractivity contribution in [3.05, 3.63) is 24.3 Å². The van der Waals surface area contributed by atoms with Crippen LogP contribution in [0.3, 0.4) is 0 Å². The van der Waals surface area contributed by atoms with Gasteiger partial charge in [-0.2, -0.15) is 0 Å². The van der Waals surface area contributed by atoms with Gasteiger partial charge in [0.1, 0.15) is 5.52 Å². The van der Waals surface area contributed by atoms with Crippen molar-refractivity contribution in [2.75, 3.05) is 0 Å². The van der Waals surface area contributed by atoms with Crippen molar-refractivity contribution >= 4 is 34.8 Å². The number of carbonyl (C=O) groups excluding carboxylic acids is 2. The minimum atomic E-state index is -0.870. The summed E-state index contributed by atoms with van der Waals surface area (Å²) in [6.07, 6.45) is 0. The number of primary amides is 1. The number of nitrogens with two attached hydrogens (primary N) is 1. The molecule has 2 aromatic rings. The number of hydrogen-bond donors (Lipinski definition) is 2. The Morgan fingerprint density at radius 1 is 1.44 bits per heavy atom. The lowest BCUT2D eigenvalue weighted by molar-refractivity contribution is -0.119. The molecule has 0 spiro atoms. The molecule has 0 saturated heterocycles.